The van der Waals surface area contributed by atoms with Gasteiger partial charge in [-0.1, -0.05) is 13.8 Å². The number of nitrogens with zero attached hydrogens (tertiary/aromatic N) is 1. The molecule has 3 N–H and O–H groups in total. The first-order valence-electron chi connectivity index (χ1n) is 7.65. The van der Waals surface area contributed by atoms with E-state index in [1.807, 2.05) is 26.8 Å². The van der Waals surface area contributed by atoms with Gasteiger partial charge in [0.25, 0.3) is 5.91 Å². The lowest BCUT2D eigenvalue weighted by atomic mass is 9.88. The fraction of sp³-hybridized carbons (Fsp3) is 0.333. The van der Waals surface area contributed by atoms with Gasteiger partial charge in [-0.15, -0.1) is 0 Å². The van der Waals surface area contributed by atoms with E-state index in [2.05, 4.69) is 10.3 Å². The summed E-state index contributed by atoms with van der Waals surface area (Å²) < 4.78 is 5.66. The van der Waals surface area contributed by atoms with Gasteiger partial charge in [-0.05, 0) is 49.2 Å². The second-order valence-corrected chi connectivity index (χ2v) is 6.05. The van der Waals surface area contributed by atoms with E-state index in [9.17, 15) is 4.79 Å². The van der Waals surface area contributed by atoms with Gasteiger partial charge < -0.3 is 15.8 Å². The molecule has 5 heteroatoms. The summed E-state index contributed by atoms with van der Waals surface area (Å²) in [6, 6.07) is 10.6. The Morgan fingerprint density at radius 2 is 1.96 bits per heavy atom. The summed E-state index contributed by atoms with van der Waals surface area (Å²) in [5.41, 5.74) is 5.95. The third kappa shape index (κ3) is 4.29. The van der Waals surface area contributed by atoms with E-state index < -0.39 is 5.54 Å². The molecule has 122 valence electrons. The average Bonchev–Trinajstić information content (AvgIpc) is 2.56. The van der Waals surface area contributed by atoms with Crippen molar-refractivity contribution in [3.63, 3.8) is 0 Å². The van der Waals surface area contributed by atoms with Crippen molar-refractivity contribution in [1.82, 2.24) is 10.3 Å². The molecule has 0 fully saturated rings. The van der Waals surface area contributed by atoms with E-state index in [0.29, 0.717) is 23.6 Å². The second kappa shape index (κ2) is 7.24. The summed E-state index contributed by atoms with van der Waals surface area (Å²) in [6.07, 6.45) is 3.32. The molecule has 1 aromatic heterocycles. The quantitative estimate of drug-likeness (QED) is 0.859. The number of carbonyl (C=O) groups is 1. The Labute approximate surface area is 136 Å². The maximum absolute atomic E-state index is 12.4. The van der Waals surface area contributed by atoms with Crippen LogP contribution in [-0.4, -0.2) is 23.0 Å². The molecule has 23 heavy (non-hydrogen) atoms. The van der Waals surface area contributed by atoms with Gasteiger partial charge in [-0.3, -0.25) is 9.78 Å². The van der Waals surface area contributed by atoms with Crippen molar-refractivity contribution in [1.29, 1.82) is 0 Å². The zero-order valence-corrected chi connectivity index (χ0v) is 13.7. The van der Waals surface area contributed by atoms with Gasteiger partial charge in [0.05, 0.1) is 11.7 Å². The lowest BCUT2D eigenvalue weighted by Gasteiger charge is -2.33. The number of nitrogens with two attached hydrogens (primary N) is 1. The molecule has 0 aliphatic carbocycles. The Morgan fingerprint density at radius 3 is 2.48 bits per heavy atom. The molecule has 0 aliphatic heterocycles. The number of pyridine rings is 1. The molecule has 5 nitrogen and oxygen atoms in total. The molecule has 0 spiro atoms. The highest BCUT2D eigenvalue weighted by molar-refractivity contribution is 5.94. The lowest BCUT2D eigenvalue weighted by molar-refractivity contribution is 0.0883. The van der Waals surface area contributed by atoms with Crippen LogP contribution in [0.3, 0.4) is 0 Å². The highest BCUT2D eigenvalue weighted by Gasteiger charge is 2.28. The molecule has 1 atom stereocenters. The van der Waals surface area contributed by atoms with Gasteiger partial charge in [0.1, 0.15) is 11.5 Å². The fourth-order valence-electron chi connectivity index (χ4n) is 1.98. The minimum atomic E-state index is -0.429. The van der Waals surface area contributed by atoms with Crippen LogP contribution in [0.4, 0.5) is 0 Å². The van der Waals surface area contributed by atoms with Gasteiger partial charge >= 0.3 is 0 Å². The molecule has 0 aliphatic rings. The number of amides is 1. The van der Waals surface area contributed by atoms with E-state index in [1.165, 1.54) is 0 Å². The highest BCUT2D eigenvalue weighted by Crippen LogP contribution is 2.21. The van der Waals surface area contributed by atoms with Gasteiger partial charge in [0.2, 0.25) is 0 Å². The average molecular weight is 313 g/mol. The third-order valence-corrected chi connectivity index (χ3v) is 4.08. The molecule has 0 bridgehead atoms. The zero-order chi connectivity index (χ0) is 16.9. The topological polar surface area (TPSA) is 77.2 Å². The van der Waals surface area contributed by atoms with E-state index in [4.69, 9.17) is 10.5 Å². The first-order valence-corrected chi connectivity index (χ1v) is 7.65. The van der Waals surface area contributed by atoms with Crippen molar-refractivity contribution in [3.8, 4) is 11.5 Å². The molecule has 2 rings (SSSR count). The number of aromatic nitrogens is 1. The third-order valence-electron chi connectivity index (χ3n) is 4.08. The Morgan fingerprint density at radius 1 is 1.26 bits per heavy atom. The van der Waals surface area contributed by atoms with Crippen LogP contribution in [0.5, 0.6) is 11.5 Å². The molecule has 1 amide bonds. The van der Waals surface area contributed by atoms with Gasteiger partial charge in [-0.2, -0.15) is 0 Å². The first kappa shape index (κ1) is 17.0. The Kier molecular flexibility index (Phi) is 5.34. The van der Waals surface area contributed by atoms with Crippen molar-refractivity contribution in [2.75, 3.05) is 6.54 Å². The van der Waals surface area contributed by atoms with Crippen molar-refractivity contribution < 1.29 is 9.53 Å². The maximum atomic E-state index is 12.4. The molecule has 2 aromatic rings. The highest BCUT2D eigenvalue weighted by atomic mass is 16.5. The normalized spacial score (nSPS) is 13.4. The summed E-state index contributed by atoms with van der Waals surface area (Å²) in [5, 5.41) is 3.01. The van der Waals surface area contributed by atoms with Crippen molar-refractivity contribution >= 4 is 5.91 Å². The Balaban J connectivity index is 2.06. The van der Waals surface area contributed by atoms with Gasteiger partial charge in [0, 0.05) is 18.3 Å². The number of carbonyl (C=O) groups excluding carboxylic acids is 1. The van der Waals surface area contributed by atoms with Crippen LogP contribution in [0.2, 0.25) is 0 Å². The monoisotopic (exact) mass is 313 g/mol. The predicted molar refractivity (Wildman–Crippen MR) is 90.5 cm³/mol. The first-order chi connectivity index (χ1) is 10.9. The molecule has 1 unspecified atom stereocenters. The van der Waals surface area contributed by atoms with Crippen LogP contribution < -0.4 is 15.8 Å². The van der Waals surface area contributed by atoms with Crippen LogP contribution >= 0.6 is 0 Å². The number of hydrogen-bond acceptors (Lipinski definition) is 4. The van der Waals surface area contributed by atoms with Gasteiger partial charge in [-0.25, -0.2) is 0 Å². The number of benzene rings is 1. The minimum Gasteiger partial charge on any atom is -0.456 e. The SMILES string of the molecule is CC(C)C(C)(CN)NC(=O)c1ccc(Oc2cccnc2)cc1. The molecular weight excluding hydrogens is 290 g/mol. The number of rotatable bonds is 6. The lowest BCUT2D eigenvalue weighted by Crippen LogP contribution is -2.55. The smallest absolute Gasteiger partial charge is 0.251 e. The predicted octanol–water partition coefficient (Wildman–Crippen LogP) is 2.98. The van der Waals surface area contributed by atoms with Crippen molar-refractivity contribution in [2.24, 2.45) is 11.7 Å². The van der Waals surface area contributed by atoms with Crippen molar-refractivity contribution in [3.05, 3.63) is 54.4 Å². The summed E-state index contributed by atoms with van der Waals surface area (Å²) in [5.74, 6) is 1.41. The van der Waals surface area contributed by atoms with E-state index in [1.54, 1.807) is 42.7 Å². The molecular formula is C18H23N3O2. The van der Waals surface area contributed by atoms with Crippen LogP contribution in [0.25, 0.3) is 0 Å². The Bertz CT molecular complexity index is 641. The van der Waals surface area contributed by atoms with E-state index >= 15 is 0 Å². The largest absolute Gasteiger partial charge is 0.456 e. The van der Waals surface area contributed by atoms with Crippen LogP contribution in [0.1, 0.15) is 31.1 Å². The number of nitrogens with one attached hydrogen (secondary N) is 1. The maximum Gasteiger partial charge on any atom is 0.251 e. The summed E-state index contributed by atoms with van der Waals surface area (Å²) in [7, 11) is 0. The number of ether oxygens (including phenoxy) is 1. The Hall–Kier alpha value is -2.40. The second-order valence-electron chi connectivity index (χ2n) is 6.05. The molecule has 0 saturated carbocycles. The minimum absolute atomic E-state index is 0.139. The zero-order valence-electron chi connectivity index (χ0n) is 13.7. The van der Waals surface area contributed by atoms with Gasteiger partial charge in [0.15, 0.2) is 0 Å². The summed E-state index contributed by atoms with van der Waals surface area (Å²) >= 11 is 0. The van der Waals surface area contributed by atoms with Crippen LogP contribution in [-0.2, 0) is 0 Å². The fourth-order valence-corrected chi connectivity index (χ4v) is 1.98. The van der Waals surface area contributed by atoms with Crippen LogP contribution in [0.15, 0.2) is 48.8 Å². The molecule has 0 saturated heterocycles. The number of hydrogen-bond donors (Lipinski definition) is 2. The van der Waals surface area contributed by atoms with E-state index in [0.717, 1.165) is 0 Å². The standard InChI is InChI=1S/C18H23N3O2/c1-13(2)18(3,12-19)21-17(22)14-6-8-15(9-7-14)23-16-5-4-10-20-11-16/h4-11,13H,12,19H2,1-3H3,(H,21,22). The van der Waals surface area contributed by atoms with Crippen LogP contribution in [0, 0.1) is 5.92 Å². The van der Waals surface area contributed by atoms with Crippen molar-refractivity contribution in [2.45, 2.75) is 26.3 Å². The van der Waals surface area contributed by atoms with E-state index in [-0.39, 0.29) is 11.8 Å². The summed E-state index contributed by atoms with van der Waals surface area (Å²) in [4.78, 5) is 16.4. The molecule has 1 heterocycles. The molecule has 0 radical (unpaired) electrons. The molecule has 1 aromatic carbocycles. The summed E-state index contributed by atoms with van der Waals surface area (Å²) in [6.45, 7) is 6.42.